The number of allylic oxidation sites excluding steroid dienone is 2. The number of benzene rings is 1. The van der Waals surface area contributed by atoms with Crippen LogP contribution in [0.5, 0.6) is 0 Å². The number of hydrogen-bond acceptors (Lipinski definition) is 2. The van der Waals surface area contributed by atoms with Gasteiger partial charge in [0.1, 0.15) is 0 Å². The second kappa shape index (κ2) is 5.10. The summed E-state index contributed by atoms with van der Waals surface area (Å²) < 4.78 is 0. The Kier molecular flexibility index (Phi) is 3.31. The Balaban J connectivity index is 1.76. The van der Waals surface area contributed by atoms with Gasteiger partial charge in [-0.05, 0) is 42.9 Å². The number of fused-ring (bicyclic) bond motifs is 2. The van der Waals surface area contributed by atoms with E-state index in [9.17, 15) is 9.59 Å². The molecule has 1 heterocycles. The van der Waals surface area contributed by atoms with E-state index in [0.29, 0.717) is 15.7 Å². The molecule has 0 N–H and O–H groups in total. The van der Waals surface area contributed by atoms with Gasteiger partial charge in [0.15, 0.2) is 0 Å². The van der Waals surface area contributed by atoms with Crippen LogP contribution in [0.3, 0.4) is 0 Å². The van der Waals surface area contributed by atoms with Crippen molar-refractivity contribution in [2.75, 3.05) is 4.90 Å². The quantitative estimate of drug-likeness (QED) is 0.572. The summed E-state index contributed by atoms with van der Waals surface area (Å²) in [5.74, 6) is -0.218. The lowest BCUT2D eigenvalue weighted by Gasteiger charge is -2.27. The molecule has 2 fully saturated rings. The second-order valence-corrected chi connectivity index (χ2v) is 7.12. The smallest absolute Gasteiger partial charge is 0.238 e. The van der Waals surface area contributed by atoms with Crippen LogP contribution in [0.1, 0.15) is 19.3 Å². The first-order valence-corrected chi connectivity index (χ1v) is 8.34. The van der Waals surface area contributed by atoms with Crippen molar-refractivity contribution in [1.82, 2.24) is 0 Å². The maximum absolute atomic E-state index is 12.9. The minimum absolute atomic E-state index is 0.0883. The molecule has 114 valence electrons. The third-order valence-electron chi connectivity index (χ3n) is 5.16. The first-order chi connectivity index (χ1) is 10.6. The summed E-state index contributed by atoms with van der Waals surface area (Å²) in [6.45, 7) is 0. The Morgan fingerprint density at radius 3 is 2.05 bits per heavy atom. The number of rotatable bonds is 1. The molecule has 0 aromatic heterocycles. The minimum Gasteiger partial charge on any atom is -0.274 e. The number of anilines is 1. The van der Waals surface area contributed by atoms with Gasteiger partial charge in [0, 0.05) is 0 Å². The lowest BCUT2D eigenvalue weighted by molar-refractivity contribution is -0.122. The fraction of sp³-hybridized carbons (Fsp3) is 0.412. The molecule has 4 aliphatic rings. The van der Waals surface area contributed by atoms with Crippen molar-refractivity contribution in [1.29, 1.82) is 0 Å². The Morgan fingerprint density at radius 1 is 0.909 bits per heavy atom. The number of nitrogens with zero attached hydrogens (tertiary/aromatic N) is 1. The van der Waals surface area contributed by atoms with Crippen molar-refractivity contribution in [2.45, 2.75) is 19.3 Å². The van der Waals surface area contributed by atoms with Crippen LogP contribution in [-0.2, 0) is 9.59 Å². The number of hydrogen-bond donors (Lipinski definition) is 0. The van der Waals surface area contributed by atoms with Crippen molar-refractivity contribution in [3.05, 3.63) is 40.4 Å². The van der Waals surface area contributed by atoms with Crippen LogP contribution >= 0.6 is 23.2 Å². The highest BCUT2D eigenvalue weighted by Gasteiger charge is 2.55. The zero-order valence-corrected chi connectivity index (χ0v) is 13.3. The van der Waals surface area contributed by atoms with E-state index in [1.165, 1.54) is 4.90 Å². The molecule has 0 radical (unpaired) electrons. The Hall–Kier alpha value is -1.32. The van der Waals surface area contributed by atoms with Gasteiger partial charge in [0.05, 0.1) is 27.6 Å². The van der Waals surface area contributed by atoms with Gasteiger partial charge in [-0.1, -0.05) is 41.8 Å². The lowest BCUT2D eigenvalue weighted by Crippen LogP contribution is -2.32. The normalized spacial score (nSPS) is 33.3. The number of carbonyl (C=O) groups excluding carboxylic acids is 2. The highest BCUT2D eigenvalue weighted by Crippen LogP contribution is 2.49. The van der Waals surface area contributed by atoms with Crippen molar-refractivity contribution < 1.29 is 9.59 Å². The van der Waals surface area contributed by atoms with E-state index in [-0.39, 0.29) is 35.5 Å². The van der Waals surface area contributed by atoms with Crippen LogP contribution in [0.15, 0.2) is 30.4 Å². The molecule has 2 unspecified atom stereocenters. The maximum Gasteiger partial charge on any atom is 0.238 e. The van der Waals surface area contributed by atoms with Crippen molar-refractivity contribution >= 4 is 40.7 Å². The Bertz CT molecular complexity index is 668. The van der Waals surface area contributed by atoms with Crippen LogP contribution in [0.4, 0.5) is 5.69 Å². The predicted octanol–water partition coefficient (Wildman–Crippen LogP) is 4.09. The number of carbonyl (C=O) groups is 2. The lowest BCUT2D eigenvalue weighted by atomic mass is 9.73. The van der Waals surface area contributed by atoms with Crippen molar-refractivity contribution in [3.8, 4) is 0 Å². The van der Waals surface area contributed by atoms with Gasteiger partial charge in [-0.15, -0.1) is 0 Å². The standard InChI is InChI=1S/C17H15Cl2NO2/c18-12-7-6-11(8-13(12)19)20-16(21)14-9-2-1-3-10(5-4-9)15(14)17(20)22/h4-10,14-15H,1-3H2/t9?,10?,14-,15+. The van der Waals surface area contributed by atoms with Gasteiger partial charge in [0.25, 0.3) is 0 Å². The summed E-state index contributed by atoms with van der Waals surface area (Å²) >= 11 is 12.0. The number of amides is 2. The number of imide groups is 1. The van der Waals surface area contributed by atoms with E-state index in [4.69, 9.17) is 23.2 Å². The molecule has 1 saturated heterocycles. The maximum atomic E-state index is 12.9. The molecule has 1 aliphatic heterocycles. The van der Waals surface area contributed by atoms with Crippen LogP contribution in [0.25, 0.3) is 0 Å². The van der Waals surface area contributed by atoms with Gasteiger partial charge in [-0.3, -0.25) is 9.59 Å². The summed E-state index contributed by atoms with van der Waals surface area (Å²) in [5.41, 5.74) is 0.525. The van der Waals surface area contributed by atoms with E-state index in [2.05, 4.69) is 12.2 Å². The van der Waals surface area contributed by atoms with Crippen LogP contribution < -0.4 is 4.90 Å². The van der Waals surface area contributed by atoms with E-state index >= 15 is 0 Å². The van der Waals surface area contributed by atoms with Crippen LogP contribution in [0, 0.1) is 23.7 Å². The third-order valence-corrected chi connectivity index (χ3v) is 5.90. The average molecular weight is 336 g/mol. The molecule has 1 saturated carbocycles. The molecule has 5 heteroatoms. The average Bonchev–Trinajstić information content (AvgIpc) is 2.71. The van der Waals surface area contributed by atoms with E-state index in [1.807, 2.05) is 0 Å². The van der Waals surface area contributed by atoms with Gasteiger partial charge >= 0.3 is 0 Å². The molecule has 2 amide bonds. The molecule has 4 atom stereocenters. The molecule has 2 bridgehead atoms. The molecular weight excluding hydrogens is 321 g/mol. The summed E-state index contributed by atoms with van der Waals surface area (Å²) in [5, 5.41) is 0.772. The van der Waals surface area contributed by atoms with Crippen molar-refractivity contribution in [3.63, 3.8) is 0 Å². The monoisotopic (exact) mass is 335 g/mol. The summed E-state index contributed by atoms with van der Waals surface area (Å²) in [6, 6.07) is 4.91. The molecule has 22 heavy (non-hydrogen) atoms. The van der Waals surface area contributed by atoms with Gasteiger partial charge < -0.3 is 0 Å². The van der Waals surface area contributed by atoms with E-state index in [0.717, 1.165) is 19.3 Å². The molecule has 3 aliphatic carbocycles. The second-order valence-electron chi connectivity index (χ2n) is 6.31. The van der Waals surface area contributed by atoms with E-state index in [1.54, 1.807) is 18.2 Å². The summed E-state index contributed by atoms with van der Waals surface area (Å²) in [6.07, 6.45) is 7.35. The SMILES string of the molecule is O=C1[C@@H]2C3C=CC(CCC3)[C@@H]2C(=O)N1c1ccc(Cl)c(Cl)c1. The molecule has 0 spiro atoms. The largest absolute Gasteiger partial charge is 0.274 e. The molecule has 1 aromatic rings. The van der Waals surface area contributed by atoms with Crippen LogP contribution in [0.2, 0.25) is 10.0 Å². The van der Waals surface area contributed by atoms with Gasteiger partial charge in [-0.25, -0.2) is 4.90 Å². The summed E-state index contributed by atoms with van der Waals surface area (Å²) in [4.78, 5) is 27.1. The van der Waals surface area contributed by atoms with Gasteiger partial charge in [0.2, 0.25) is 11.8 Å². The third kappa shape index (κ3) is 1.95. The molecule has 5 rings (SSSR count). The first kappa shape index (κ1) is 14.3. The fourth-order valence-electron chi connectivity index (χ4n) is 4.16. The predicted molar refractivity (Wildman–Crippen MR) is 85.9 cm³/mol. The van der Waals surface area contributed by atoms with Crippen molar-refractivity contribution in [2.24, 2.45) is 23.7 Å². The molecule has 1 aromatic carbocycles. The summed E-state index contributed by atoms with van der Waals surface area (Å²) in [7, 11) is 0. The molecular formula is C17H15Cl2NO2. The molecule has 3 nitrogen and oxygen atoms in total. The minimum atomic E-state index is -0.209. The fourth-order valence-corrected chi connectivity index (χ4v) is 4.45. The van der Waals surface area contributed by atoms with E-state index < -0.39 is 0 Å². The first-order valence-electron chi connectivity index (χ1n) is 7.59. The Labute approximate surface area is 138 Å². The highest BCUT2D eigenvalue weighted by molar-refractivity contribution is 6.42. The van der Waals surface area contributed by atoms with Gasteiger partial charge in [-0.2, -0.15) is 0 Å². The highest BCUT2D eigenvalue weighted by atomic mass is 35.5. The zero-order valence-electron chi connectivity index (χ0n) is 11.8. The number of halogens is 2. The topological polar surface area (TPSA) is 37.4 Å². The Morgan fingerprint density at radius 2 is 1.50 bits per heavy atom. The zero-order chi connectivity index (χ0) is 15.4. The van der Waals surface area contributed by atoms with Crippen LogP contribution in [-0.4, -0.2) is 11.8 Å².